The van der Waals surface area contributed by atoms with Crippen LogP contribution in [0.5, 0.6) is 0 Å². The standard InChI is InChI=1S/C24H19FN4O4.C2HF3O2/c1-28(23(31)32)22-26-19-11-10-15(12-20(19)27-22)24(33)17-8-4-3-7-16(17)21(30)29(24)13-14-6-2-5-9-18(14)25;3-2(4,5)1(6)7/h2-12,33H,13H2,1H3,(H,26,27)(H,31,32);(H,6,7). The Morgan fingerprint density at radius 1 is 1.05 bits per heavy atom. The number of alkyl halides is 3. The molecule has 1 aliphatic heterocycles. The molecule has 0 spiro atoms. The number of hydrogen-bond donors (Lipinski definition) is 4. The van der Waals surface area contributed by atoms with Crippen molar-refractivity contribution in [3.05, 3.63) is 94.8 Å². The molecule has 10 nitrogen and oxygen atoms in total. The van der Waals surface area contributed by atoms with Crippen molar-refractivity contribution in [1.82, 2.24) is 14.9 Å². The number of carbonyl (C=O) groups excluding carboxylic acids is 1. The van der Waals surface area contributed by atoms with Gasteiger partial charge in [0.05, 0.1) is 17.6 Å². The van der Waals surface area contributed by atoms with Gasteiger partial charge in [0.2, 0.25) is 5.95 Å². The van der Waals surface area contributed by atoms with Gasteiger partial charge in [-0.05, 0) is 24.3 Å². The van der Waals surface area contributed by atoms with E-state index in [9.17, 15) is 37.4 Å². The maximum absolute atomic E-state index is 14.4. The Labute approximate surface area is 222 Å². The summed E-state index contributed by atoms with van der Waals surface area (Å²) in [5.74, 6) is -3.54. The number of nitrogens with zero attached hydrogens (tertiary/aromatic N) is 3. The summed E-state index contributed by atoms with van der Waals surface area (Å²) in [4.78, 5) is 42.8. The van der Waals surface area contributed by atoms with Crippen LogP contribution in [0.4, 0.5) is 28.3 Å². The Balaban J connectivity index is 0.000000470. The van der Waals surface area contributed by atoms with Crippen molar-refractivity contribution < 1.29 is 47.3 Å². The normalized spacial score (nSPS) is 16.4. The Morgan fingerprint density at radius 2 is 1.68 bits per heavy atom. The molecule has 208 valence electrons. The number of carbonyl (C=O) groups is 3. The van der Waals surface area contributed by atoms with E-state index in [1.807, 2.05) is 0 Å². The number of aliphatic carboxylic acids is 1. The molecule has 1 aromatic heterocycles. The zero-order valence-electron chi connectivity index (χ0n) is 20.5. The van der Waals surface area contributed by atoms with Gasteiger partial charge in [0.15, 0.2) is 5.72 Å². The van der Waals surface area contributed by atoms with Crippen LogP contribution < -0.4 is 4.90 Å². The van der Waals surface area contributed by atoms with Crippen LogP contribution in [-0.2, 0) is 17.1 Å². The molecule has 0 radical (unpaired) electrons. The fourth-order valence-electron chi connectivity index (χ4n) is 4.16. The zero-order chi connectivity index (χ0) is 29.4. The molecule has 1 atom stereocenters. The second-order valence-corrected chi connectivity index (χ2v) is 8.64. The Kier molecular flexibility index (Phi) is 7.22. The van der Waals surface area contributed by atoms with Gasteiger partial charge in [-0.2, -0.15) is 13.2 Å². The quantitative estimate of drug-likeness (QED) is 0.272. The number of aromatic nitrogens is 2. The third kappa shape index (κ3) is 5.03. The van der Waals surface area contributed by atoms with E-state index in [0.717, 1.165) is 4.90 Å². The molecule has 1 unspecified atom stereocenters. The number of benzene rings is 3. The van der Waals surface area contributed by atoms with Crippen molar-refractivity contribution in [2.45, 2.75) is 18.4 Å². The largest absolute Gasteiger partial charge is 0.490 e. The van der Waals surface area contributed by atoms with Crippen molar-refractivity contribution >= 4 is 35.0 Å². The third-order valence-corrected chi connectivity index (χ3v) is 6.18. The van der Waals surface area contributed by atoms with Gasteiger partial charge in [-0.15, -0.1) is 0 Å². The van der Waals surface area contributed by atoms with Gasteiger partial charge in [0.25, 0.3) is 5.91 Å². The predicted molar refractivity (Wildman–Crippen MR) is 132 cm³/mol. The molecule has 0 bridgehead atoms. The minimum atomic E-state index is -5.08. The van der Waals surface area contributed by atoms with E-state index >= 15 is 0 Å². The smallest absolute Gasteiger partial charge is 0.475 e. The van der Waals surface area contributed by atoms with Crippen molar-refractivity contribution in [3.63, 3.8) is 0 Å². The highest BCUT2D eigenvalue weighted by molar-refractivity contribution is 6.00. The van der Waals surface area contributed by atoms with Gasteiger partial charge in [-0.3, -0.25) is 14.6 Å². The summed E-state index contributed by atoms with van der Waals surface area (Å²) in [6, 6.07) is 17.7. The van der Waals surface area contributed by atoms with Crippen LogP contribution in [-0.4, -0.2) is 61.4 Å². The van der Waals surface area contributed by atoms with Crippen LogP contribution in [0.3, 0.4) is 0 Å². The number of aromatic amines is 1. The van der Waals surface area contributed by atoms with Gasteiger partial charge in [0.1, 0.15) is 5.82 Å². The highest BCUT2D eigenvalue weighted by Crippen LogP contribution is 2.43. The van der Waals surface area contributed by atoms with E-state index in [1.165, 1.54) is 18.0 Å². The van der Waals surface area contributed by atoms with Gasteiger partial charge >= 0.3 is 18.2 Å². The van der Waals surface area contributed by atoms with E-state index in [1.54, 1.807) is 60.7 Å². The lowest BCUT2D eigenvalue weighted by molar-refractivity contribution is -0.192. The molecule has 0 saturated carbocycles. The lowest BCUT2D eigenvalue weighted by atomic mass is 9.93. The molecule has 0 fully saturated rings. The second kappa shape index (κ2) is 10.3. The van der Waals surface area contributed by atoms with Gasteiger partial charge < -0.3 is 20.3 Å². The number of H-pyrrole nitrogens is 1. The molecule has 40 heavy (non-hydrogen) atoms. The Hall–Kier alpha value is -4.98. The molecule has 3 aromatic carbocycles. The molecule has 2 heterocycles. The first kappa shape index (κ1) is 28.0. The van der Waals surface area contributed by atoms with Crippen molar-refractivity contribution in [2.24, 2.45) is 0 Å². The fourth-order valence-corrected chi connectivity index (χ4v) is 4.16. The van der Waals surface area contributed by atoms with Crippen LogP contribution in [0.25, 0.3) is 11.0 Å². The number of nitrogens with one attached hydrogen (secondary N) is 1. The number of halogens is 4. The topological polar surface area (TPSA) is 147 Å². The first-order valence-corrected chi connectivity index (χ1v) is 11.4. The van der Waals surface area contributed by atoms with Crippen molar-refractivity contribution in [3.8, 4) is 0 Å². The van der Waals surface area contributed by atoms with Gasteiger partial charge in [-0.25, -0.2) is 19.0 Å². The molecule has 4 aromatic rings. The highest BCUT2D eigenvalue weighted by Gasteiger charge is 2.50. The van der Waals surface area contributed by atoms with Crippen LogP contribution >= 0.6 is 0 Å². The maximum atomic E-state index is 14.4. The number of fused-ring (bicyclic) bond motifs is 2. The number of rotatable bonds is 4. The number of hydrogen-bond acceptors (Lipinski definition) is 5. The number of amides is 2. The minimum absolute atomic E-state index is 0.118. The van der Waals surface area contributed by atoms with E-state index < -0.39 is 35.7 Å². The summed E-state index contributed by atoms with van der Waals surface area (Å²) in [5, 5.41) is 28.3. The minimum Gasteiger partial charge on any atom is -0.475 e. The van der Waals surface area contributed by atoms with Gasteiger partial charge in [0, 0.05) is 29.3 Å². The van der Waals surface area contributed by atoms with Crippen LogP contribution in [0.1, 0.15) is 27.0 Å². The van der Waals surface area contributed by atoms with Crippen molar-refractivity contribution in [2.75, 3.05) is 11.9 Å². The van der Waals surface area contributed by atoms with E-state index in [4.69, 9.17) is 9.90 Å². The van der Waals surface area contributed by atoms with Crippen molar-refractivity contribution in [1.29, 1.82) is 0 Å². The molecule has 2 amide bonds. The summed E-state index contributed by atoms with van der Waals surface area (Å²) in [6.45, 7) is -0.151. The molecular weight excluding hydrogens is 540 g/mol. The first-order valence-electron chi connectivity index (χ1n) is 11.4. The molecule has 14 heteroatoms. The van der Waals surface area contributed by atoms with Crippen LogP contribution in [0, 0.1) is 5.82 Å². The summed E-state index contributed by atoms with van der Waals surface area (Å²) in [5.41, 5.74) is 0.412. The van der Waals surface area contributed by atoms with Gasteiger partial charge in [-0.1, -0.05) is 42.5 Å². The van der Waals surface area contributed by atoms with E-state index in [0.29, 0.717) is 27.7 Å². The first-order chi connectivity index (χ1) is 18.7. The number of carboxylic acid groups (broad SMARTS) is 2. The van der Waals surface area contributed by atoms with E-state index in [2.05, 4.69) is 9.97 Å². The average Bonchev–Trinajstić information content (AvgIpc) is 3.43. The zero-order valence-corrected chi connectivity index (χ0v) is 20.5. The summed E-state index contributed by atoms with van der Waals surface area (Å²) < 4.78 is 46.2. The predicted octanol–water partition coefficient (Wildman–Crippen LogP) is 4.30. The molecule has 1 aliphatic rings. The lowest BCUT2D eigenvalue weighted by Crippen LogP contribution is -2.44. The number of anilines is 1. The SMILES string of the molecule is CN(C(=O)O)c1nc2cc(C3(O)c4ccccc4C(=O)N3Cc3ccccc3F)ccc2[nH]1.O=C(O)C(F)(F)F. The summed E-state index contributed by atoms with van der Waals surface area (Å²) in [7, 11) is 1.36. The Bertz CT molecular complexity index is 1620. The molecule has 0 aliphatic carbocycles. The average molecular weight is 560 g/mol. The van der Waals surface area contributed by atoms with Crippen LogP contribution in [0.15, 0.2) is 66.7 Å². The lowest BCUT2D eigenvalue weighted by Gasteiger charge is -2.35. The Morgan fingerprint density at radius 3 is 2.30 bits per heavy atom. The molecule has 0 saturated heterocycles. The fraction of sp³-hybridized carbons (Fsp3) is 0.154. The maximum Gasteiger partial charge on any atom is 0.490 e. The van der Waals surface area contributed by atoms with Crippen LogP contribution in [0.2, 0.25) is 0 Å². The molecular formula is C26H20F4N4O6. The highest BCUT2D eigenvalue weighted by atomic mass is 19.4. The number of carboxylic acids is 1. The third-order valence-electron chi connectivity index (χ3n) is 6.18. The molecule has 4 N–H and O–H groups in total. The molecule has 5 rings (SSSR count). The second-order valence-electron chi connectivity index (χ2n) is 8.64. The number of imidazole rings is 1. The number of aliphatic hydroxyl groups is 1. The summed E-state index contributed by atoms with van der Waals surface area (Å²) in [6.07, 6.45) is -6.26. The monoisotopic (exact) mass is 560 g/mol. The van der Waals surface area contributed by atoms with E-state index in [-0.39, 0.29) is 18.1 Å². The summed E-state index contributed by atoms with van der Waals surface area (Å²) >= 11 is 0.